The maximum atomic E-state index is 13.3. The largest absolute Gasteiger partial charge is 0.497 e. The lowest BCUT2D eigenvalue weighted by atomic mass is 10.0. The van der Waals surface area contributed by atoms with E-state index in [9.17, 15) is 4.79 Å². The third-order valence-electron chi connectivity index (χ3n) is 6.08. The molecule has 1 amide bonds. The van der Waals surface area contributed by atoms with Crippen LogP contribution in [-0.4, -0.2) is 35.6 Å². The number of amides is 1. The summed E-state index contributed by atoms with van der Waals surface area (Å²) in [6.07, 6.45) is 5.04. The van der Waals surface area contributed by atoms with E-state index in [-0.39, 0.29) is 11.9 Å². The van der Waals surface area contributed by atoms with Gasteiger partial charge in [0, 0.05) is 24.3 Å². The first kappa shape index (κ1) is 21.8. The van der Waals surface area contributed by atoms with E-state index < -0.39 is 0 Å². The normalized spacial score (nSPS) is 17.0. The number of ether oxygens (including phenoxy) is 1. The van der Waals surface area contributed by atoms with E-state index in [0.717, 1.165) is 36.3 Å². The van der Waals surface area contributed by atoms with Crippen molar-refractivity contribution in [2.45, 2.75) is 45.2 Å². The van der Waals surface area contributed by atoms with Crippen LogP contribution >= 0.6 is 0 Å². The molecular formula is C26H30N4O2. The molecule has 2 atom stereocenters. The summed E-state index contributed by atoms with van der Waals surface area (Å²) < 4.78 is 5.26. The number of carbonyl (C=O) groups excluding carboxylic acids is 1. The predicted molar refractivity (Wildman–Crippen MR) is 127 cm³/mol. The molecule has 0 radical (unpaired) electrons. The number of piperidine rings is 1. The van der Waals surface area contributed by atoms with Gasteiger partial charge in [-0.2, -0.15) is 0 Å². The van der Waals surface area contributed by atoms with Crippen molar-refractivity contribution in [3.8, 4) is 17.1 Å². The molecule has 0 unspecified atom stereocenters. The summed E-state index contributed by atoms with van der Waals surface area (Å²) >= 11 is 0. The number of nitrogens with zero attached hydrogens (tertiary/aromatic N) is 3. The molecule has 2 aromatic carbocycles. The van der Waals surface area contributed by atoms with Gasteiger partial charge in [0.05, 0.1) is 13.2 Å². The molecule has 2 heterocycles. The predicted octanol–water partition coefficient (Wildman–Crippen LogP) is 5.02. The Kier molecular flexibility index (Phi) is 6.69. The van der Waals surface area contributed by atoms with E-state index in [4.69, 9.17) is 9.72 Å². The Morgan fingerprint density at radius 3 is 2.56 bits per heavy atom. The molecule has 166 valence electrons. The van der Waals surface area contributed by atoms with E-state index in [2.05, 4.69) is 22.1 Å². The zero-order chi connectivity index (χ0) is 22.5. The fraction of sp³-hybridized carbons (Fsp3) is 0.346. The Morgan fingerprint density at radius 2 is 1.88 bits per heavy atom. The van der Waals surface area contributed by atoms with E-state index in [1.807, 2.05) is 61.5 Å². The van der Waals surface area contributed by atoms with Crippen molar-refractivity contribution in [1.29, 1.82) is 0 Å². The van der Waals surface area contributed by atoms with Crippen LogP contribution in [0.3, 0.4) is 0 Å². The summed E-state index contributed by atoms with van der Waals surface area (Å²) in [7, 11) is 1.64. The molecule has 1 fully saturated rings. The summed E-state index contributed by atoms with van der Waals surface area (Å²) in [6, 6.07) is 17.8. The molecule has 0 aliphatic carbocycles. The van der Waals surface area contributed by atoms with Crippen molar-refractivity contribution in [3.05, 3.63) is 71.9 Å². The zero-order valence-corrected chi connectivity index (χ0v) is 18.9. The fourth-order valence-electron chi connectivity index (χ4n) is 4.14. The summed E-state index contributed by atoms with van der Waals surface area (Å²) in [5.74, 6) is 1.93. The van der Waals surface area contributed by atoms with Crippen molar-refractivity contribution >= 4 is 11.7 Å². The van der Waals surface area contributed by atoms with Crippen molar-refractivity contribution < 1.29 is 9.53 Å². The first-order valence-electron chi connectivity index (χ1n) is 11.2. The van der Waals surface area contributed by atoms with Crippen molar-refractivity contribution in [3.63, 3.8) is 0 Å². The monoisotopic (exact) mass is 430 g/mol. The molecule has 6 nitrogen and oxygen atoms in total. The minimum absolute atomic E-state index is 0.114. The molecule has 4 rings (SSSR count). The van der Waals surface area contributed by atoms with E-state index >= 15 is 0 Å². The van der Waals surface area contributed by atoms with Crippen LogP contribution in [0.2, 0.25) is 0 Å². The lowest BCUT2D eigenvalue weighted by Gasteiger charge is -2.35. The number of benzene rings is 2. The summed E-state index contributed by atoms with van der Waals surface area (Å²) in [6.45, 7) is 5.07. The third-order valence-corrected chi connectivity index (χ3v) is 6.08. The molecule has 32 heavy (non-hydrogen) atoms. The highest BCUT2D eigenvalue weighted by Crippen LogP contribution is 2.29. The second-order valence-electron chi connectivity index (χ2n) is 8.30. The Bertz CT molecular complexity index is 1050. The van der Waals surface area contributed by atoms with Gasteiger partial charge >= 0.3 is 0 Å². The Morgan fingerprint density at radius 1 is 1.12 bits per heavy atom. The van der Waals surface area contributed by atoms with Gasteiger partial charge in [-0.05, 0) is 62.9 Å². The maximum Gasteiger partial charge on any atom is 0.257 e. The quantitative estimate of drug-likeness (QED) is 0.595. The molecule has 1 aliphatic heterocycles. The molecule has 1 aromatic heterocycles. The summed E-state index contributed by atoms with van der Waals surface area (Å²) in [4.78, 5) is 25.0. The van der Waals surface area contributed by atoms with Crippen molar-refractivity contribution in [1.82, 2.24) is 15.3 Å². The van der Waals surface area contributed by atoms with Gasteiger partial charge in [-0.3, -0.25) is 4.79 Å². The summed E-state index contributed by atoms with van der Waals surface area (Å²) in [5, 5.41) is 3.12. The molecule has 1 saturated heterocycles. The highest BCUT2D eigenvalue weighted by molar-refractivity contribution is 5.99. The molecule has 6 heteroatoms. The van der Waals surface area contributed by atoms with Gasteiger partial charge in [0.2, 0.25) is 0 Å². The number of aromatic nitrogens is 2. The number of methoxy groups -OCH3 is 1. The van der Waals surface area contributed by atoms with Gasteiger partial charge in [-0.25, -0.2) is 9.97 Å². The van der Waals surface area contributed by atoms with Gasteiger partial charge in [0.25, 0.3) is 5.91 Å². The molecular weight excluding hydrogens is 400 g/mol. The van der Waals surface area contributed by atoms with E-state index in [0.29, 0.717) is 23.2 Å². The number of nitrogens with one attached hydrogen (secondary N) is 1. The van der Waals surface area contributed by atoms with Crippen LogP contribution in [0.4, 0.5) is 5.82 Å². The second kappa shape index (κ2) is 9.81. The standard InChI is InChI=1S/C26H30N4O2/c1-18-9-7-8-16-30(18)25-23(26(31)28-19(2)20-10-5-4-6-11-20)17-27-24(29-25)21-12-14-22(32-3)15-13-21/h4-6,10-15,17-19H,7-9,16H2,1-3H3,(H,28,31)/t18-,19-/m1/s1. The molecule has 1 N–H and O–H groups in total. The van der Waals surface area contributed by atoms with Crippen molar-refractivity contribution in [2.75, 3.05) is 18.6 Å². The van der Waals surface area contributed by atoms with Crippen LogP contribution in [0.25, 0.3) is 11.4 Å². The van der Waals surface area contributed by atoms with Crippen LogP contribution in [0.5, 0.6) is 5.75 Å². The fourth-order valence-corrected chi connectivity index (χ4v) is 4.14. The number of carbonyl (C=O) groups is 1. The number of anilines is 1. The minimum atomic E-state index is -0.157. The van der Waals surface area contributed by atoms with E-state index in [1.165, 1.54) is 6.42 Å². The number of hydrogen-bond acceptors (Lipinski definition) is 5. The topological polar surface area (TPSA) is 67.3 Å². The van der Waals surface area contributed by atoms with Gasteiger partial charge in [-0.1, -0.05) is 30.3 Å². The maximum absolute atomic E-state index is 13.3. The third kappa shape index (κ3) is 4.74. The Balaban J connectivity index is 1.67. The van der Waals surface area contributed by atoms with Crippen LogP contribution in [0, 0.1) is 0 Å². The zero-order valence-electron chi connectivity index (χ0n) is 18.9. The molecule has 0 saturated carbocycles. The van der Waals surface area contributed by atoms with Crippen LogP contribution in [0.1, 0.15) is 55.1 Å². The highest BCUT2D eigenvalue weighted by Gasteiger charge is 2.26. The van der Waals surface area contributed by atoms with Crippen LogP contribution in [0.15, 0.2) is 60.8 Å². The molecule has 3 aromatic rings. The number of hydrogen-bond donors (Lipinski definition) is 1. The molecule has 0 spiro atoms. The molecule has 0 bridgehead atoms. The first-order valence-corrected chi connectivity index (χ1v) is 11.2. The average molecular weight is 431 g/mol. The lowest BCUT2D eigenvalue weighted by Crippen LogP contribution is -2.40. The van der Waals surface area contributed by atoms with E-state index in [1.54, 1.807) is 13.3 Å². The van der Waals surface area contributed by atoms with Crippen LogP contribution in [-0.2, 0) is 0 Å². The second-order valence-corrected chi connectivity index (χ2v) is 8.30. The molecule has 1 aliphatic rings. The smallest absolute Gasteiger partial charge is 0.257 e. The first-order chi connectivity index (χ1) is 15.6. The van der Waals surface area contributed by atoms with Gasteiger partial charge in [0.1, 0.15) is 17.1 Å². The number of rotatable bonds is 6. The Hall–Kier alpha value is -3.41. The van der Waals surface area contributed by atoms with Crippen LogP contribution < -0.4 is 15.0 Å². The average Bonchev–Trinajstić information content (AvgIpc) is 2.84. The highest BCUT2D eigenvalue weighted by atomic mass is 16.5. The summed E-state index contributed by atoms with van der Waals surface area (Å²) in [5.41, 5.74) is 2.46. The minimum Gasteiger partial charge on any atom is -0.497 e. The lowest BCUT2D eigenvalue weighted by molar-refractivity contribution is 0.0939. The van der Waals surface area contributed by atoms with Crippen molar-refractivity contribution in [2.24, 2.45) is 0 Å². The van der Waals surface area contributed by atoms with Gasteiger partial charge in [0.15, 0.2) is 5.82 Å². The van der Waals surface area contributed by atoms with Gasteiger partial charge in [-0.15, -0.1) is 0 Å². The SMILES string of the molecule is COc1ccc(-c2ncc(C(=O)N[C@H](C)c3ccccc3)c(N3CCCC[C@H]3C)n2)cc1. The Labute approximate surface area is 189 Å². The van der Waals surface area contributed by atoms with Gasteiger partial charge < -0.3 is 15.0 Å².